The molecule has 1 N–H and O–H groups in total. The summed E-state index contributed by atoms with van der Waals surface area (Å²) in [5.74, 6) is -0.140. The van der Waals surface area contributed by atoms with Crippen LogP contribution in [0.4, 0.5) is 11.4 Å². The average molecular weight is 460 g/mol. The molecule has 0 radical (unpaired) electrons. The number of ether oxygens (including phenoxy) is 1. The van der Waals surface area contributed by atoms with E-state index in [1.807, 2.05) is 19.1 Å². The summed E-state index contributed by atoms with van der Waals surface area (Å²) in [6.45, 7) is 1.77. The van der Waals surface area contributed by atoms with E-state index in [2.05, 4.69) is 21.2 Å². The molecular formula is C17H16BrClN2O4S. The van der Waals surface area contributed by atoms with Crippen LogP contribution < -0.4 is 14.4 Å². The summed E-state index contributed by atoms with van der Waals surface area (Å²) in [4.78, 5) is 12.6. The summed E-state index contributed by atoms with van der Waals surface area (Å²) in [6.07, 6.45) is 0.0955. The number of rotatable bonds is 3. The number of nitrogens with zero attached hydrogens (tertiary/aromatic N) is 1. The molecule has 1 aliphatic heterocycles. The number of amides is 1. The predicted molar refractivity (Wildman–Crippen MR) is 106 cm³/mol. The molecule has 0 aromatic heterocycles. The van der Waals surface area contributed by atoms with Crippen molar-refractivity contribution in [2.75, 3.05) is 22.4 Å². The van der Waals surface area contributed by atoms with E-state index in [1.54, 1.807) is 18.2 Å². The fourth-order valence-corrected chi connectivity index (χ4v) is 3.94. The molecule has 138 valence electrons. The number of fused-ring (bicyclic) bond motifs is 1. The molecule has 2 aromatic carbocycles. The van der Waals surface area contributed by atoms with Crippen molar-refractivity contribution in [3.63, 3.8) is 0 Å². The summed E-state index contributed by atoms with van der Waals surface area (Å²) in [5, 5.41) is 3.15. The first kappa shape index (κ1) is 19.0. The molecule has 9 heteroatoms. The summed E-state index contributed by atoms with van der Waals surface area (Å²) >= 11 is 9.37. The van der Waals surface area contributed by atoms with Gasteiger partial charge in [-0.25, -0.2) is 8.42 Å². The quantitative estimate of drug-likeness (QED) is 0.761. The maximum absolute atomic E-state index is 12.6. The van der Waals surface area contributed by atoms with Crippen LogP contribution >= 0.6 is 27.5 Å². The Morgan fingerprint density at radius 3 is 2.69 bits per heavy atom. The Balaban J connectivity index is 1.88. The number of sulfonamides is 1. The topological polar surface area (TPSA) is 75.7 Å². The molecule has 2 aromatic rings. The maximum Gasteiger partial charge on any atom is 0.267 e. The predicted octanol–water partition coefficient (Wildman–Crippen LogP) is 3.58. The van der Waals surface area contributed by atoms with Gasteiger partial charge in [-0.1, -0.05) is 27.5 Å². The standard InChI is InChI=1S/C17H16BrClN2O4S/c1-10-7-12(4-5-13(10)18)20-17(22)16-9-21(26(2,23)24)14-8-11(19)3-6-15(14)25-16/h3-8,16H,9H2,1-2H3,(H,20,22)/t16-/m1/s1. The lowest BCUT2D eigenvalue weighted by molar-refractivity contribution is -0.122. The molecule has 0 spiro atoms. The number of carbonyl (C=O) groups excluding carboxylic acids is 1. The third-order valence-corrected chi connectivity index (χ3v) is 6.18. The van der Waals surface area contributed by atoms with Gasteiger partial charge in [0.25, 0.3) is 5.91 Å². The second-order valence-electron chi connectivity index (χ2n) is 5.97. The Morgan fingerprint density at radius 1 is 1.31 bits per heavy atom. The molecule has 1 atom stereocenters. The van der Waals surface area contributed by atoms with Gasteiger partial charge in [0, 0.05) is 15.2 Å². The number of anilines is 2. The van der Waals surface area contributed by atoms with Gasteiger partial charge in [-0.2, -0.15) is 0 Å². The van der Waals surface area contributed by atoms with Gasteiger partial charge >= 0.3 is 0 Å². The number of hydrogen-bond acceptors (Lipinski definition) is 4. The monoisotopic (exact) mass is 458 g/mol. The van der Waals surface area contributed by atoms with Crippen molar-refractivity contribution >= 4 is 54.8 Å². The normalized spacial score (nSPS) is 16.6. The van der Waals surface area contributed by atoms with Crippen LogP contribution in [0.1, 0.15) is 5.56 Å². The van der Waals surface area contributed by atoms with E-state index in [0.717, 1.165) is 20.6 Å². The smallest absolute Gasteiger partial charge is 0.267 e. The fourth-order valence-electron chi connectivity index (χ4n) is 2.62. The van der Waals surface area contributed by atoms with E-state index in [0.29, 0.717) is 22.1 Å². The highest BCUT2D eigenvalue weighted by atomic mass is 79.9. The Bertz CT molecular complexity index is 981. The molecular weight excluding hydrogens is 444 g/mol. The molecule has 1 heterocycles. The number of hydrogen-bond donors (Lipinski definition) is 1. The molecule has 3 rings (SSSR count). The minimum atomic E-state index is -3.60. The van der Waals surface area contributed by atoms with Gasteiger partial charge in [0.15, 0.2) is 6.10 Å². The van der Waals surface area contributed by atoms with Crippen molar-refractivity contribution in [3.05, 3.63) is 51.5 Å². The second kappa shape index (κ2) is 7.09. The van der Waals surface area contributed by atoms with E-state index >= 15 is 0 Å². The highest BCUT2D eigenvalue weighted by Gasteiger charge is 2.35. The molecule has 6 nitrogen and oxygen atoms in total. The zero-order chi connectivity index (χ0) is 19.1. The van der Waals surface area contributed by atoms with Crippen LogP contribution in [0.2, 0.25) is 5.02 Å². The average Bonchev–Trinajstić information content (AvgIpc) is 2.56. The first-order valence-electron chi connectivity index (χ1n) is 7.66. The number of halogens is 2. The second-order valence-corrected chi connectivity index (χ2v) is 9.16. The van der Waals surface area contributed by atoms with Crippen molar-refractivity contribution in [2.24, 2.45) is 0 Å². The summed E-state index contributed by atoms with van der Waals surface area (Å²) in [5.41, 5.74) is 1.89. The van der Waals surface area contributed by atoms with E-state index in [1.165, 1.54) is 6.07 Å². The van der Waals surface area contributed by atoms with E-state index in [4.69, 9.17) is 16.3 Å². The van der Waals surface area contributed by atoms with E-state index in [9.17, 15) is 13.2 Å². The van der Waals surface area contributed by atoms with Crippen LogP contribution in [0.5, 0.6) is 5.75 Å². The van der Waals surface area contributed by atoms with Gasteiger partial charge < -0.3 is 10.1 Å². The molecule has 0 unspecified atom stereocenters. The molecule has 0 aliphatic carbocycles. The van der Waals surface area contributed by atoms with Crippen LogP contribution in [0.15, 0.2) is 40.9 Å². The van der Waals surface area contributed by atoms with Crippen molar-refractivity contribution in [3.8, 4) is 5.75 Å². The van der Waals surface area contributed by atoms with Gasteiger partial charge in [-0.15, -0.1) is 0 Å². The minimum Gasteiger partial charge on any atom is -0.476 e. The van der Waals surface area contributed by atoms with E-state index < -0.39 is 22.0 Å². The van der Waals surface area contributed by atoms with Gasteiger partial charge in [-0.3, -0.25) is 9.10 Å². The molecule has 0 saturated heterocycles. The van der Waals surface area contributed by atoms with Gasteiger partial charge in [0.05, 0.1) is 18.5 Å². The lowest BCUT2D eigenvalue weighted by Crippen LogP contribution is -2.48. The number of aryl methyl sites for hydroxylation is 1. The lowest BCUT2D eigenvalue weighted by Gasteiger charge is -2.34. The van der Waals surface area contributed by atoms with Crippen LogP contribution in [0.25, 0.3) is 0 Å². The number of nitrogens with one attached hydrogen (secondary N) is 1. The third kappa shape index (κ3) is 3.97. The molecule has 0 fully saturated rings. The van der Waals surface area contributed by atoms with Gasteiger partial charge in [-0.05, 0) is 48.9 Å². The first-order valence-corrected chi connectivity index (χ1v) is 10.7. The van der Waals surface area contributed by atoms with Crippen molar-refractivity contribution in [1.82, 2.24) is 0 Å². The zero-order valence-electron chi connectivity index (χ0n) is 14.0. The summed E-state index contributed by atoms with van der Waals surface area (Å²) < 4.78 is 32.1. The van der Waals surface area contributed by atoms with Gasteiger partial charge in [0.1, 0.15) is 5.75 Å². The Kier molecular flexibility index (Phi) is 5.18. The summed E-state index contributed by atoms with van der Waals surface area (Å²) in [6, 6.07) is 10.0. The van der Waals surface area contributed by atoms with Crippen LogP contribution in [-0.2, 0) is 14.8 Å². The molecule has 0 bridgehead atoms. The zero-order valence-corrected chi connectivity index (χ0v) is 17.2. The minimum absolute atomic E-state index is 0.131. The van der Waals surface area contributed by atoms with Crippen LogP contribution in [0, 0.1) is 6.92 Å². The maximum atomic E-state index is 12.6. The summed E-state index contributed by atoms with van der Waals surface area (Å²) in [7, 11) is -3.60. The lowest BCUT2D eigenvalue weighted by atomic mass is 10.2. The fraction of sp³-hybridized carbons (Fsp3) is 0.235. The SMILES string of the molecule is Cc1cc(NC(=O)[C@H]2CN(S(C)(=O)=O)c3cc(Cl)ccc3O2)ccc1Br. The highest BCUT2D eigenvalue weighted by molar-refractivity contribution is 9.10. The third-order valence-electron chi connectivity index (χ3n) is 3.91. The number of carbonyl (C=O) groups is 1. The Morgan fingerprint density at radius 2 is 2.04 bits per heavy atom. The molecule has 1 aliphatic rings. The molecule has 26 heavy (non-hydrogen) atoms. The van der Waals surface area contributed by atoms with Crippen molar-refractivity contribution in [2.45, 2.75) is 13.0 Å². The first-order chi connectivity index (χ1) is 12.1. The van der Waals surface area contributed by atoms with E-state index in [-0.39, 0.29) is 6.54 Å². The van der Waals surface area contributed by atoms with Crippen molar-refractivity contribution in [1.29, 1.82) is 0 Å². The molecule has 1 amide bonds. The van der Waals surface area contributed by atoms with Crippen LogP contribution in [-0.4, -0.2) is 33.2 Å². The Labute approximate surface area is 165 Å². The number of benzene rings is 2. The molecule has 0 saturated carbocycles. The highest BCUT2D eigenvalue weighted by Crippen LogP contribution is 2.37. The van der Waals surface area contributed by atoms with Crippen LogP contribution in [0.3, 0.4) is 0 Å². The van der Waals surface area contributed by atoms with Crippen molar-refractivity contribution < 1.29 is 17.9 Å². The Hall–Kier alpha value is -1.77. The van der Waals surface area contributed by atoms with Gasteiger partial charge in [0.2, 0.25) is 10.0 Å². The largest absolute Gasteiger partial charge is 0.476 e.